The number of hydrogen-bond acceptors (Lipinski definition) is 5. The normalized spacial score (nSPS) is 12.6. The van der Waals surface area contributed by atoms with Crippen LogP contribution in [0.2, 0.25) is 0 Å². The molecule has 3 N–H and O–H groups in total. The number of aliphatic hydroxyl groups is 2. The molecule has 0 rings (SSSR count). The molecule has 2 atom stereocenters. The molecule has 0 aliphatic heterocycles. The summed E-state index contributed by atoms with van der Waals surface area (Å²) < 4.78 is 5.51. The summed E-state index contributed by atoms with van der Waals surface area (Å²) in [6, 6.07) is -0.541. The van der Waals surface area contributed by atoms with Gasteiger partial charge in [0, 0.05) is 12.8 Å². The van der Waals surface area contributed by atoms with E-state index in [0.29, 0.717) is 25.9 Å². The van der Waals surface area contributed by atoms with E-state index in [1.54, 1.807) is 0 Å². The van der Waals surface area contributed by atoms with E-state index < -0.39 is 12.1 Å². The molecule has 2 unspecified atom stereocenters. The van der Waals surface area contributed by atoms with Crippen LogP contribution in [-0.2, 0) is 14.3 Å². The Bertz CT molecular complexity index is 1330. The van der Waals surface area contributed by atoms with Gasteiger partial charge in [-0.1, -0.05) is 378 Å². The van der Waals surface area contributed by atoms with Gasteiger partial charge in [-0.25, -0.2) is 0 Å². The minimum atomic E-state index is -0.664. The van der Waals surface area contributed by atoms with E-state index in [0.717, 1.165) is 44.9 Å². The van der Waals surface area contributed by atoms with Crippen LogP contribution in [0, 0.1) is 0 Å². The van der Waals surface area contributed by atoms with Crippen LogP contribution in [-0.4, -0.2) is 47.4 Å². The first-order chi connectivity index (χ1) is 42.0. The van der Waals surface area contributed by atoms with Crippen molar-refractivity contribution in [3.8, 4) is 0 Å². The molecule has 0 spiro atoms. The Hall–Kier alpha value is -1.66. The van der Waals surface area contributed by atoms with Gasteiger partial charge in [0.15, 0.2) is 0 Å². The minimum absolute atomic E-state index is 0.0153. The van der Waals surface area contributed by atoms with Gasteiger partial charge in [0.05, 0.1) is 25.4 Å². The number of unbranched alkanes of at least 4 members (excludes halogenated alkanes) is 59. The second-order valence-corrected chi connectivity index (χ2v) is 27.0. The fourth-order valence-corrected chi connectivity index (χ4v) is 12.5. The lowest BCUT2D eigenvalue weighted by atomic mass is 10.0. The fourth-order valence-electron chi connectivity index (χ4n) is 12.5. The molecule has 0 bridgehead atoms. The molecule has 0 aromatic heterocycles. The number of hydrogen-bond donors (Lipinski definition) is 3. The van der Waals surface area contributed by atoms with Crippen molar-refractivity contribution in [1.29, 1.82) is 0 Å². The maximum atomic E-state index is 12.6. The third-order valence-corrected chi connectivity index (χ3v) is 18.5. The van der Waals surface area contributed by atoms with E-state index in [9.17, 15) is 19.8 Å². The third-order valence-electron chi connectivity index (χ3n) is 18.5. The standard InChI is InChI=1S/C79H153NO5/c1-3-5-7-9-11-13-15-17-19-21-23-36-39-43-47-51-55-59-63-67-71-77(82)76(75-81)80-78(83)72-68-64-60-56-52-48-44-40-37-34-32-30-28-26-24-25-27-29-31-33-35-38-42-46-50-54-58-62-66-70-74-85-79(84)73-69-65-61-57-53-49-45-41-22-20-18-16-14-12-10-8-6-4-2/h20,22,25,27,76-77,81-82H,3-19,21,23-24,26,28-75H2,1-2H3,(H,80,83)/b22-20-,27-25-. The largest absolute Gasteiger partial charge is 0.466 e. The molecule has 1 amide bonds. The van der Waals surface area contributed by atoms with Gasteiger partial charge in [0.2, 0.25) is 5.91 Å². The van der Waals surface area contributed by atoms with E-state index in [2.05, 4.69) is 43.5 Å². The maximum Gasteiger partial charge on any atom is 0.305 e. The van der Waals surface area contributed by atoms with Crippen LogP contribution >= 0.6 is 0 Å². The van der Waals surface area contributed by atoms with Gasteiger partial charge >= 0.3 is 5.97 Å². The van der Waals surface area contributed by atoms with Gasteiger partial charge < -0.3 is 20.3 Å². The summed E-state index contributed by atoms with van der Waals surface area (Å²) in [6.07, 6.45) is 95.4. The summed E-state index contributed by atoms with van der Waals surface area (Å²) >= 11 is 0. The molecule has 0 aromatic carbocycles. The van der Waals surface area contributed by atoms with Gasteiger partial charge in [-0.2, -0.15) is 0 Å². The van der Waals surface area contributed by atoms with Crippen molar-refractivity contribution in [1.82, 2.24) is 5.32 Å². The Labute approximate surface area is 532 Å². The number of carbonyl (C=O) groups is 2. The highest BCUT2D eigenvalue weighted by Gasteiger charge is 2.20. The summed E-state index contributed by atoms with van der Waals surface area (Å²) in [6.45, 7) is 5.00. The van der Waals surface area contributed by atoms with Crippen molar-refractivity contribution < 1.29 is 24.5 Å². The van der Waals surface area contributed by atoms with Crippen LogP contribution in [0.1, 0.15) is 444 Å². The van der Waals surface area contributed by atoms with Crippen molar-refractivity contribution in [3.05, 3.63) is 24.3 Å². The molecule has 0 heterocycles. The summed E-state index contributed by atoms with van der Waals surface area (Å²) in [4.78, 5) is 24.7. The Balaban J connectivity index is 3.36. The number of esters is 1. The lowest BCUT2D eigenvalue weighted by Gasteiger charge is -2.22. The monoisotopic (exact) mass is 1200 g/mol. The van der Waals surface area contributed by atoms with Gasteiger partial charge in [-0.15, -0.1) is 0 Å². The lowest BCUT2D eigenvalue weighted by molar-refractivity contribution is -0.143. The summed E-state index contributed by atoms with van der Waals surface area (Å²) in [5.41, 5.74) is 0. The van der Waals surface area contributed by atoms with Gasteiger partial charge in [-0.3, -0.25) is 9.59 Å². The smallest absolute Gasteiger partial charge is 0.305 e. The molecule has 85 heavy (non-hydrogen) atoms. The maximum absolute atomic E-state index is 12.6. The van der Waals surface area contributed by atoms with Crippen molar-refractivity contribution in [2.24, 2.45) is 0 Å². The second-order valence-electron chi connectivity index (χ2n) is 27.0. The predicted molar refractivity (Wildman–Crippen MR) is 375 cm³/mol. The van der Waals surface area contributed by atoms with Crippen molar-refractivity contribution in [2.75, 3.05) is 13.2 Å². The minimum Gasteiger partial charge on any atom is -0.466 e. The molecule has 6 nitrogen and oxygen atoms in total. The molecule has 0 aliphatic carbocycles. The zero-order valence-electron chi connectivity index (χ0n) is 57.9. The van der Waals surface area contributed by atoms with Gasteiger partial charge in [0.25, 0.3) is 0 Å². The van der Waals surface area contributed by atoms with E-state index in [4.69, 9.17) is 4.74 Å². The first kappa shape index (κ1) is 83.3. The van der Waals surface area contributed by atoms with E-state index in [1.165, 1.54) is 366 Å². The molecule has 0 saturated heterocycles. The molecule has 0 aliphatic rings. The van der Waals surface area contributed by atoms with Crippen LogP contribution in [0.3, 0.4) is 0 Å². The van der Waals surface area contributed by atoms with Gasteiger partial charge in [0.1, 0.15) is 0 Å². The zero-order valence-corrected chi connectivity index (χ0v) is 57.9. The molecule has 0 radical (unpaired) electrons. The highest BCUT2D eigenvalue weighted by molar-refractivity contribution is 5.76. The zero-order chi connectivity index (χ0) is 61.3. The average molecular weight is 1200 g/mol. The molecule has 6 heteroatoms. The molecule has 0 fully saturated rings. The Kier molecular flexibility index (Phi) is 73.3. The number of aliphatic hydroxyl groups excluding tert-OH is 2. The lowest BCUT2D eigenvalue weighted by Crippen LogP contribution is -2.45. The number of ether oxygens (including phenoxy) is 1. The Morgan fingerprint density at radius 1 is 0.318 bits per heavy atom. The number of allylic oxidation sites excluding steroid dienone is 4. The van der Waals surface area contributed by atoms with Crippen LogP contribution in [0.4, 0.5) is 0 Å². The van der Waals surface area contributed by atoms with Crippen LogP contribution in [0.15, 0.2) is 24.3 Å². The summed E-state index contributed by atoms with van der Waals surface area (Å²) in [5, 5.41) is 23.4. The Morgan fingerprint density at radius 3 is 0.835 bits per heavy atom. The second kappa shape index (κ2) is 74.8. The molecular weight excluding hydrogens is 1040 g/mol. The van der Waals surface area contributed by atoms with Crippen molar-refractivity contribution >= 4 is 11.9 Å². The first-order valence-electron chi connectivity index (χ1n) is 39.1. The molecule has 504 valence electrons. The van der Waals surface area contributed by atoms with E-state index in [1.807, 2.05) is 0 Å². The molecular formula is C79H153NO5. The summed E-state index contributed by atoms with van der Waals surface area (Å²) in [7, 11) is 0. The highest BCUT2D eigenvalue weighted by atomic mass is 16.5. The van der Waals surface area contributed by atoms with Crippen molar-refractivity contribution in [3.63, 3.8) is 0 Å². The highest BCUT2D eigenvalue weighted by Crippen LogP contribution is 2.20. The van der Waals surface area contributed by atoms with Crippen LogP contribution in [0.5, 0.6) is 0 Å². The first-order valence-corrected chi connectivity index (χ1v) is 39.1. The topological polar surface area (TPSA) is 95.9 Å². The third kappa shape index (κ3) is 71.3. The fraction of sp³-hybridized carbons (Fsp3) is 0.924. The van der Waals surface area contributed by atoms with Crippen LogP contribution < -0.4 is 5.32 Å². The molecule has 0 saturated carbocycles. The average Bonchev–Trinajstić information content (AvgIpc) is 3.51. The number of rotatable bonds is 74. The predicted octanol–water partition coefficient (Wildman–Crippen LogP) is 25.7. The quantitative estimate of drug-likeness (QED) is 0.0320. The van der Waals surface area contributed by atoms with Gasteiger partial charge in [-0.05, 0) is 77.0 Å². The number of amides is 1. The number of nitrogens with one attached hydrogen (secondary N) is 1. The van der Waals surface area contributed by atoms with E-state index in [-0.39, 0.29) is 18.5 Å². The van der Waals surface area contributed by atoms with Crippen molar-refractivity contribution in [2.45, 2.75) is 456 Å². The van der Waals surface area contributed by atoms with E-state index >= 15 is 0 Å². The summed E-state index contributed by atoms with van der Waals surface area (Å²) in [5.74, 6) is -0.0133. The Morgan fingerprint density at radius 2 is 0.553 bits per heavy atom. The SMILES string of the molecule is CCCCCCCCC/C=C\CCCCCCCCCC(=O)OCCCCCCCCCCCCCC/C=C\CCCCCCCCCCCCCCCCC(=O)NC(CO)C(O)CCCCCCCCCCCCCCCCCCCCCC. The molecule has 0 aromatic rings. The van der Waals surface area contributed by atoms with Crippen LogP contribution in [0.25, 0.3) is 0 Å². The number of carbonyl (C=O) groups excluding carboxylic acids is 2.